The van der Waals surface area contributed by atoms with Crippen molar-refractivity contribution < 1.29 is 4.74 Å². The van der Waals surface area contributed by atoms with Gasteiger partial charge in [0.25, 0.3) is 0 Å². The zero-order valence-corrected chi connectivity index (χ0v) is 19.4. The highest BCUT2D eigenvalue weighted by atomic mass is 79.9. The molecule has 9 heteroatoms. The van der Waals surface area contributed by atoms with Crippen molar-refractivity contribution in [2.75, 3.05) is 12.3 Å². The third-order valence-corrected chi connectivity index (χ3v) is 6.20. The van der Waals surface area contributed by atoms with Crippen LogP contribution in [0.2, 0.25) is 0 Å². The second-order valence-corrected chi connectivity index (χ2v) is 8.90. The Morgan fingerprint density at radius 2 is 1.86 bits per heavy atom. The summed E-state index contributed by atoms with van der Waals surface area (Å²) in [6.07, 6.45) is 1.04. The largest absolute Gasteiger partial charge is 0.487 e. The lowest BCUT2D eigenvalue weighted by Gasteiger charge is -2.13. The van der Waals surface area contributed by atoms with E-state index in [1.54, 1.807) is 16.4 Å². The molecule has 148 valence electrons. The van der Waals surface area contributed by atoms with Gasteiger partial charge >= 0.3 is 0 Å². The summed E-state index contributed by atoms with van der Waals surface area (Å²) in [5.74, 6) is 1.79. The molecule has 2 aromatic carbocycles. The normalized spacial score (nSPS) is 11.0. The van der Waals surface area contributed by atoms with Crippen LogP contribution in [0, 0.1) is 0 Å². The lowest BCUT2D eigenvalue weighted by molar-refractivity contribution is 0.302. The summed E-state index contributed by atoms with van der Waals surface area (Å²) in [6, 6.07) is 14.3. The Bertz CT molecular complexity index is 868. The number of ether oxygens (including phenoxy) is 1. The second kappa shape index (κ2) is 10.9. The number of nitrogens with one attached hydrogen (secondary N) is 1. The van der Waals surface area contributed by atoms with Gasteiger partial charge in [-0.2, -0.15) is 0 Å². The maximum absolute atomic E-state index is 5.98. The SMILES string of the molecule is Cn1nnnc1SCCCNCc1cc(Br)c(OCc2ccccc2)c(Br)c1. The first-order valence-electron chi connectivity index (χ1n) is 8.84. The van der Waals surface area contributed by atoms with Gasteiger partial charge in [-0.25, -0.2) is 4.68 Å². The summed E-state index contributed by atoms with van der Waals surface area (Å²) >= 11 is 8.92. The van der Waals surface area contributed by atoms with Crippen molar-refractivity contribution in [3.05, 3.63) is 62.5 Å². The van der Waals surface area contributed by atoms with E-state index in [2.05, 4.69) is 77.0 Å². The molecule has 3 rings (SSSR count). The van der Waals surface area contributed by atoms with Crippen LogP contribution in [0.3, 0.4) is 0 Å². The molecular weight excluding hydrogens is 506 g/mol. The third-order valence-electron chi connectivity index (χ3n) is 3.92. The summed E-state index contributed by atoms with van der Waals surface area (Å²) < 4.78 is 9.55. The molecule has 0 aliphatic carbocycles. The van der Waals surface area contributed by atoms with Crippen LogP contribution in [-0.4, -0.2) is 32.5 Å². The maximum Gasteiger partial charge on any atom is 0.209 e. The van der Waals surface area contributed by atoms with Crippen molar-refractivity contribution in [2.45, 2.75) is 24.7 Å². The van der Waals surface area contributed by atoms with Gasteiger partial charge in [-0.15, -0.1) is 5.10 Å². The highest BCUT2D eigenvalue weighted by Gasteiger charge is 2.09. The molecule has 0 atom stereocenters. The number of hydrogen-bond acceptors (Lipinski definition) is 6. The van der Waals surface area contributed by atoms with E-state index < -0.39 is 0 Å². The van der Waals surface area contributed by atoms with Gasteiger partial charge in [-0.3, -0.25) is 0 Å². The average Bonchev–Trinajstić information content (AvgIpc) is 3.09. The number of tetrazole rings is 1. The number of thioether (sulfide) groups is 1. The Morgan fingerprint density at radius 1 is 1.11 bits per heavy atom. The number of hydrogen-bond donors (Lipinski definition) is 1. The average molecular weight is 527 g/mol. The monoisotopic (exact) mass is 525 g/mol. The molecule has 0 saturated carbocycles. The molecule has 0 spiro atoms. The highest BCUT2D eigenvalue weighted by Crippen LogP contribution is 2.35. The molecule has 1 heterocycles. The fourth-order valence-corrected chi connectivity index (χ4v) is 4.82. The van der Waals surface area contributed by atoms with E-state index in [0.717, 1.165) is 50.7 Å². The zero-order chi connectivity index (χ0) is 19.8. The molecule has 3 aromatic rings. The maximum atomic E-state index is 5.98. The van der Waals surface area contributed by atoms with Gasteiger partial charge in [-0.1, -0.05) is 42.1 Å². The zero-order valence-electron chi connectivity index (χ0n) is 15.4. The standard InChI is InChI=1S/C19H21Br2N5OS/c1-26-19(23-24-25-26)28-9-5-8-22-12-15-10-16(20)18(17(21)11-15)27-13-14-6-3-2-4-7-14/h2-4,6-7,10-11,22H,5,8-9,12-13H2,1H3. The molecule has 0 aliphatic heterocycles. The molecule has 28 heavy (non-hydrogen) atoms. The quantitative estimate of drug-likeness (QED) is 0.308. The summed E-state index contributed by atoms with van der Waals surface area (Å²) in [4.78, 5) is 0. The van der Waals surface area contributed by atoms with E-state index in [0.29, 0.717) is 6.61 Å². The van der Waals surface area contributed by atoms with E-state index in [-0.39, 0.29) is 0 Å². The van der Waals surface area contributed by atoms with Crippen molar-refractivity contribution in [2.24, 2.45) is 7.05 Å². The Hall–Kier alpha value is -1.42. The fraction of sp³-hybridized carbons (Fsp3) is 0.316. The molecule has 0 fully saturated rings. The lowest BCUT2D eigenvalue weighted by atomic mass is 10.2. The van der Waals surface area contributed by atoms with E-state index in [9.17, 15) is 0 Å². The predicted octanol–water partition coefficient (Wildman–Crippen LogP) is 4.59. The number of aryl methyl sites for hydroxylation is 1. The van der Waals surface area contributed by atoms with Crippen LogP contribution in [0.25, 0.3) is 0 Å². The van der Waals surface area contributed by atoms with E-state index in [4.69, 9.17) is 4.74 Å². The van der Waals surface area contributed by atoms with E-state index >= 15 is 0 Å². The Kier molecular flexibility index (Phi) is 8.32. The van der Waals surface area contributed by atoms with Crippen molar-refractivity contribution in [1.82, 2.24) is 25.5 Å². The van der Waals surface area contributed by atoms with Crippen molar-refractivity contribution in [3.8, 4) is 5.75 Å². The van der Waals surface area contributed by atoms with Crippen LogP contribution in [0.1, 0.15) is 17.5 Å². The van der Waals surface area contributed by atoms with Gasteiger partial charge in [-0.05, 0) is 78.5 Å². The summed E-state index contributed by atoms with van der Waals surface area (Å²) in [5.41, 5.74) is 2.33. The molecular formula is C19H21Br2N5OS. The molecule has 0 amide bonds. The van der Waals surface area contributed by atoms with Gasteiger partial charge in [0.15, 0.2) is 0 Å². The minimum atomic E-state index is 0.536. The second-order valence-electron chi connectivity index (χ2n) is 6.13. The number of nitrogens with zero attached hydrogens (tertiary/aromatic N) is 4. The Morgan fingerprint density at radius 3 is 2.54 bits per heavy atom. The fourth-order valence-electron chi connectivity index (χ4n) is 2.52. The van der Waals surface area contributed by atoms with Gasteiger partial charge in [0.05, 0.1) is 8.95 Å². The van der Waals surface area contributed by atoms with Crippen LogP contribution in [-0.2, 0) is 20.2 Å². The number of halogens is 2. The van der Waals surface area contributed by atoms with Gasteiger partial charge in [0.1, 0.15) is 12.4 Å². The Balaban J connectivity index is 1.42. The first kappa shape index (κ1) is 21.3. The first-order valence-corrected chi connectivity index (χ1v) is 11.4. The summed E-state index contributed by atoms with van der Waals surface area (Å²) in [6.45, 7) is 2.26. The molecule has 0 unspecified atom stereocenters. The molecule has 0 aliphatic rings. The van der Waals surface area contributed by atoms with Crippen molar-refractivity contribution in [1.29, 1.82) is 0 Å². The topological polar surface area (TPSA) is 64.9 Å². The third kappa shape index (κ3) is 6.30. The molecule has 1 N–H and O–H groups in total. The van der Waals surface area contributed by atoms with Gasteiger partial charge in [0.2, 0.25) is 5.16 Å². The Labute approximate surface area is 185 Å². The minimum Gasteiger partial charge on any atom is -0.487 e. The van der Waals surface area contributed by atoms with Crippen LogP contribution >= 0.6 is 43.6 Å². The van der Waals surface area contributed by atoms with Gasteiger partial charge < -0.3 is 10.1 Å². The molecule has 0 radical (unpaired) electrons. The van der Waals surface area contributed by atoms with Crippen molar-refractivity contribution in [3.63, 3.8) is 0 Å². The first-order chi connectivity index (χ1) is 13.6. The molecule has 0 saturated heterocycles. The van der Waals surface area contributed by atoms with E-state index in [1.807, 2.05) is 25.2 Å². The molecule has 0 bridgehead atoms. The number of aromatic nitrogens is 4. The minimum absolute atomic E-state index is 0.536. The molecule has 1 aromatic heterocycles. The summed E-state index contributed by atoms with van der Waals surface area (Å²) in [5, 5.41) is 15.7. The van der Waals surface area contributed by atoms with Crippen LogP contribution in [0.15, 0.2) is 56.6 Å². The van der Waals surface area contributed by atoms with E-state index in [1.165, 1.54) is 5.56 Å². The summed E-state index contributed by atoms with van der Waals surface area (Å²) in [7, 11) is 1.85. The number of rotatable bonds is 10. The van der Waals surface area contributed by atoms with Crippen molar-refractivity contribution >= 4 is 43.6 Å². The lowest BCUT2D eigenvalue weighted by Crippen LogP contribution is -2.15. The smallest absolute Gasteiger partial charge is 0.209 e. The van der Waals surface area contributed by atoms with Crippen LogP contribution in [0.5, 0.6) is 5.75 Å². The van der Waals surface area contributed by atoms with Crippen LogP contribution < -0.4 is 10.1 Å². The molecule has 6 nitrogen and oxygen atoms in total. The predicted molar refractivity (Wildman–Crippen MR) is 118 cm³/mol. The highest BCUT2D eigenvalue weighted by molar-refractivity contribution is 9.11. The number of benzene rings is 2. The van der Waals surface area contributed by atoms with Crippen LogP contribution in [0.4, 0.5) is 0 Å². The van der Waals surface area contributed by atoms with Gasteiger partial charge in [0, 0.05) is 19.3 Å².